The minimum atomic E-state index is -0.638. The Morgan fingerprint density at radius 2 is 1.67 bits per heavy atom. The quantitative estimate of drug-likeness (QED) is 0.346. The fourth-order valence-corrected chi connectivity index (χ4v) is 5.68. The van der Waals surface area contributed by atoms with Crippen molar-refractivity contribution < 1.29 is 23.8 Å². The van der Waals surface area contributed by atoms with Crippen molar-refractivity contribution >= 4 is 17.5 Å². The molecule has 0 aromatic heterocycles. The molecule has 2 N–H and O–H groups in total. The zero-order valence-corrected chi connectivity index (χ0v) is 25.9. The highest BCUT2D eigenvalue weighted by Crippen LogP contribution is 2.50. The lowest BCUT2D eigenvalue weighted by atomic mass is 9.95. The molecule has 228 valence electrons. The van der Waals surface area contributed by atoms with Gasteiger partial charge in [-0.2, -0.15) is 0 Å². The van der Waals surface area contributed by atoms with E-state index < -0.39 is 12.1 Å². The first-order valence-electron chi connectivity index (χ1n) is 14.4. The predicted octanol–water partition coefficient (Wildman–Crippen LogP) is 4.96. The first-order chi connectivity index (χ1) is 20.6. The lowest BCUT2D eigenvalue weighted by Crippen LogP contribution is -2.44. The van der Waals surface area contributed by atoms with Crippen LogP contribution in [0.4, 0.5) is 5.69 Å². The summed E-state index contributed by atoms with van der Waals surface area (Å²) in [4.78, 5) is 41.3. The van der Waals surface area contributed by atoms with Gasteiger partial charge in [0.1, 0.15) is 6.04 Å². The lowest BCUT2D eigenvalue weighted by molar-refractivity contribution is -0.132. The van der Waals surface area contributed by atoms with Gasteiger partial charge in [0, 0.05) is 26.1 Å². The Hall–Kier alpha value is -4.53. The summed E-state index contributed by atoms with van der Waals surface area (Å²) in [7, 11) is 6.44. The molecular weight excluding hydrogens is 546 g/mol. The molecule has 9 heteroatoms. The van der Waals surface area contributed by atoms with Crippen LogP contribution >= 0.6 is 0 Å². The molecule has 4 rings (SSSR count). The summed E-state index contributed by atoms with van der Waals surface area (Å²) in [6.45, 7) is 5.80. The number of amides is 2. The third kappa shape index (κ3) is 6.77. The summed E-state index contributed by atoms with van der Waals surface area (Å²) >= 11 is 0. The summed E-state index contributed by atoms with van der Waals surface area (Å²) in [5.74, 6) is 1.03. The van der Waals surface area contributed by atoms with E-state index in [0.717, 1.165) is 22.3 Å². The number of carbonyl (C=O) groups is 2. The van der Waals surface area contributed by atoms with Crippen LogP contribution in [0.15, 0.2) is 59.4 Å². The van der Waals surface area contributed by atoms with Crippen molar-refractivity contribution in [2.75, 3.05) is 33.7 Å². The van der Waals surface area contributed by atoms with Crippen molar-refractivity contribution in [2.24, 2.45) is 5.92 Å². The molecule has 0 bridgehead atoms. The first kappa shape index (κ1) is 31.4. The van der Waals surface area contributed by atoms with Gasteiger partial charge >= 0.3 is 0 Å². The number of methoxy groups -OCH3 is 3. The summed E-state index contributed by atoms with van der Waals surface area (Å²) in [6, 6.07) is 15.7. The number of ether oxygens (including phenoxy) is 3. The van der Waals surface area contributed by atoms with E-state index in [0.29, 0.717) is 42.2 Å². The molecule has 3 aromatic rings. The number of hydrogen-bond donors (Lipinski definition) is 2. The van der Waals surface area contributed by atoms with Crippen molar-refractivity contribution in [3.05, 3.63) is 81.5 Å². The number of carbonyl (C=O) groups excluding carboxylic acids is 2. The highest BCUT2D eigenvalue weighted by molar-refractivity contribution is 5.86. The molecule has 0 unspecified atom stereocenters. The third-order valence-electron chi connectivity index (χ3n) is 7.80. The van der Waals surface area contributed by atoms with E-state index >= 15 is 0 Å². The van der Waals surface area contributed by atoms with Crippen LogP contribution in [0.5, 0.6) is 17.2 Å². The van der Waals surface area contributed by atoms with E-state index in [-0.39, 0.29) is 28.8 Å². The highest BCUT2D eigenvalue weighted by Gasteiger charge is 2.30. The average Bonchev–Trinajstić information content (AvgIpc) is 3.23. The number of likely N-dealkylation sites (N-methyl/N-ethyl adjacent to an activating group) is 1. The number of aryl methyl sites for hydroxylation is 1. The summed E-state index contributed by atoms with van der Waals surface area (Å²) in [5.41, 5.74) is 4.11. The Balaban J connectivity index is 1.83. The van der Waals surface area contributed by atoms with Crippen molar-refractivity contribution in [2.45, 2.75) is 52.2 Å². The fraction of sp³-hybridized carbons (Fsp3) is 0.382. The summed E-state index contributed by atoms with van der Waals surface area (Å²) < 4.78 is 17.1. The van der Waals surface area contributed by atoms with Gasteiger partial charge in [0.2, 0.25) is 23.0 Å². The Labute approximate surface area is 253 Å². The van der Waals surface area contributed by atoms with E-state index in [2.05, 4.69) is 10.6 Å². The molecule has 1 aliphatic rings. The van der Waals surface area contributed by atoms with Crippen molar-refractivity contribution in [1.82, 2.24) is 10.2 Å². The second kappa shape index (κ2) is 13.6. The van der Waals surface area contributed by atoms with Crippen LogP contribution in [0.25, 0.3) is 11.1 Å². The maximum Gasteiger partial charge on any atom is 0.245 e. The zero-order chi connectivity index (χ0) is 31.3. The van der Waals surface area contributed by atoms with Gasteiger partial charge in [0.15, 0.2) is 11.5 Å². The van der Waals surface area contributed by atoms with E-state index in [4.69, 9.17) is 14.2 Å². The predicted molar refractivity (Wildman–Crippen MR) is 168 cm³/mol. The van der Waals surface area contributed by atoms with Crippen molar-refractivity contribution in [3.8, 4) is 28.4 Å². The molecule has 1 aliphatic carbocycles. The molecule has 9 nitrogen and oxygen atoms in total. The van der Waals surface area contributed by atoms with E-state index in [9.17, 15) is 14.4 Å². The molecule has 43 heavy (non-hydrogen) atoms. The second-order valence-electron chi connectivity index (χ2n) is 11.1. The van der Waals surface area contributed by atoms with Crippen LogP contribution < -0.4 is 30.3 Å². The molecule has 0 fully saturated rings. The number of nitrogens with one attached hydrogen (secondary N) is 2. The largest absolute Gasteiger partial charge is 0.493 e. The number of hydrogen-bond acceptors (Lipinski definition) is 7. The molecule has 2 atom stereocenters. The van der Waals surface area contributed by atoms with Crippen molar-refractivity contribution in [1.29, 1.82) is 0 Å². The summed E-state index contributed by atoms with van der Waals surface area (Å²) in [6.07, 6.45) is 1.16. The highest BCUT2D eigenvalue weighted by atomic mass is 16.5. The van der Waals surface area contributed by atoms with Gasteiger partial charge in [-0.15, -0.1) is 0 Å². The lowest BCUT2D eigenvalue weighted by Gasteiger charge is -2.27. The Morgan fingerprint density at radius 1 is 0.977 bits per heavy atom. The summed E-state index contributed by atoms with van der Waals surface area (Å²) in [5, 5.41) is 6.27. The van der Waals surface area contributed by atoms with Crippen LogP contribution in [-0.4, -0.2) is 51.1 Å². The van der Waals surface area contributed by atoms with Crippen LogP contribution in [0.2, 0.25) is 0 Å². The molecule has 0 saturated carbocycles. The maximum atomic E-state index is 13.8. The first-order valence-corrected chi connectivity index (χ1v) is 14.4. The molecule has 2 amide bonds. The number of nitrogens with zero attached hydrogens (tertiary/aromatic N) is 1. The van der Waals surface area contributed by atoms with Crippen LogP contribution in [-0.2, 0) is 22.6 Å². The van der Waals surface area contributed by atoms with Gasteiger partial charge in [-0.3, -0.25) is 14.4 Å². The minimum absolute atomic E-state index is 0.0989. The molecule has 3 aromatic carbocycles. The standard InChI is InChI=1S/C34H41N3O6/c1-20(2)31(34(40)37(4)19-22-11-9-8-10-12-22)36-27-16-14-24-25(18-28(27)39)26(35-21(3)38)15-13-23-17-29(41-5)32(42-6)33(43-7)30(23)24/h8-12,14,16-18,20,26,31H,13,15,19H2,1-7H3,(H,35,38)(H,36,39)/t26-,31-/m0/s1. The van der Waals surface area contributed by atoms with Crippen LogP contribution in [0, 0.1) is 5.92 Å². The van der Waals surface area contributed by atoms with Gasteiger partial charge in [-0.05, 0) is 59.2 Å². The van der Waals surface area contributed by atoms with E-state index in [1.54, 1.807) is 45.4 Å². The Kier molecular flexibility index (Phi) is 9.95. The number of anilines is 1. The van der Waals surface area contributed by atoms with Gasteiger partial charge in [-0.1, -0.05) is 50.2 Å². The number of benzene rings is 2. The molecule has 0 saturated heterocycles. The number of rotatable bonds is 10. The normalized spacial score (nSPS) is 14.5. The van der Waals surface area contributed by atoms with Gasteiger partial charge in [-0.25, -0.2) is 0 Å². The third-order valence-corrected chi connectivity index (χ3v) is 7.80. The molecule has 0 spiro atoms. The average molecular weight is 588 g/mol. The topological polar surface area (TPSA) is 106 Å². The zero-order valence-electron chi connectivity index (χ0n) is 25.9. The monoisotopic (exact) mass is 587 g/mol. The molecule has 0 radical (unpaired) electrons. The molecule has 0 heterocycles. The minimum Gasteiger partial charge on any atom is -0.493 e. The molecular formula is C34H41N3O6. The number of fused-ring (bicyclic) bond motifs is 3. The smallest absolute Gasteiger partial charge is 0.245 e. The van der Waals surface area contributed by atoms with Crippen LogP contribution in [0.1, 0.15) is 49.9 Å². The van der Waals surface area contributed by atoms with E-state index in [1.165, 1.54) is 6.92 Å². The molecule has 0 aliphatic heterocycles. The van der Waals surface area contributed by atoms with Gasteiger partial charge < -0.3 is 29.7 Å². The Bertz CT molecular complexity index is 1540. The SMILES string of the molecule is COc1cc2c(c(OC)c1OC)-c1ccc(N[C@H](C(=O)N(C)Cc3ccccc3)C(C)C)c(=O)cc1[C@@H](NC(C)=O)CC2. The second-order valence-corrected chi connectivity index (χ2v) is 11.1. The van der Waals surface area contributed by atoms with Gasteiger partial charge in [0.25, 0.3) is 0 Å². The van der Waals surface area contributed by atoms with E-state index in [1.807, 2.05) is 56.3 Å². The fourth-order valence-electron chi connectivity index (χ4n) is 5.68. The maximum absolute atomic E-state index is 13.8. The van der Waals surface area contributed by atoms with Crippen molar-refractivity contribution in [3.63, 3.8) is 0 Å². The van der Waals surface area contributed by atoms with Crippen LogP contribution in [0.3, 0.4) is 0 Å². The van der Waals surface area contributed by atoms with Gasteiger partial charge in [0.05, 0.1) is 33.1 Å². The Morgan fingerprint density at radius 3 is 2.28 bits per heavy atom.